The number of methoxy groups -OCH3 is 1. The molecule has 1 heterocycles. The van der Waals surface area contributed by atoms with Crippen LogP contribution in [0.4, 0.5) is 11.4 Å². The summed E-state index contributed by atoms with van der Waals surface area (Å²) in [6.45, 7) is 3.48. The van der Waals surface area contributed by atoms with E-state index in [4.69, 9.17) is 18.9 Å². The monoisotopic (exact) mass is 579 g/mol. The van der Waals surface area contributed by atoms with Gasteiger partial charge in [0.15, 0.2) is 23.0 Å². The fourth-order valence-corrected chi connectivity index (χ4v) is 4.18. The fraction of sp³-hybridized carbons (Fsp3) is 0.280. The van der Waals surface area contributed by atoms with E-state index < -0.39 is 4.92 Å². The number of benzene rings is 3. The number of nitro benzene ring substituents is 1. The summed E-state index contributed by atoms with van der Waals surface area (Å²) in [6.07, 6.45) is 0. The Kier molecular flexibility index (Phi) is 10.0. The number of non-ortho nitro benzene ring substituents is 1. The Bertz CT molecular complexity index is 1180. The summed E-state index contributed by atoms with van der Waals surface area (Å²) in [5.41, 5.74) is 2.92. The lowest BCUT2D eigenvalue weighted by Gasteiger charge is -2.19. The minimum Gasteiger partial charge on any atom is -0.493 e. The Balaban J connectivity index is 0.00000361. The van der Waals surface area contributed by atoms with Crippen molar-refractivity contribution in [3.63, 3.8) is 0 Å². The van der Waals surface area contributed by atoms with E-state index in [0.717, 1.165) is 32.8 Å². The van der Waals surface area contributed by atoms with Gasteiger partial charge in [-0.1, -0.05) is 6.07 Å². The third kappa shape index (κ3) is 7.16. The molecule has 0 amide bonds. The van der Waals surface area contributed by atoms with Crippen molar-refractivity contribution in [3.8, 4) is 23.0 Å². The van der Waals surface area contributed by atoms with E-state index in [1.807, 2.05) is 30.3 Å². The summed E-state index contributed by atoms with van der Waals surface area (Å²) < 4.78 is 23.6. The minimum atomic E-state index is -0.410. The number of hydrogen-bond acceptors (Lipinski definition) is 8. The van der Waals surface area contributed by atoms with Gasteiger partial charge in [-0.15, -0.1) is 12.4 Å². The van der Waals surface area contributed by atoms with E-state index in [2.05, 4.69) is 26.6 Å². The zero-order valence-electron chi connectivity index (χ0n) is 19.6. The maximum Gasteiger partial charge on any atom is 0.269 e. The number of rotatable bonds is 11. The Labute approximate surface area is 223 Å². The fourth-order valence-electron chi connectivity index (χ4n) is 3.58. The van der Waals surface area contributed by atoms with Crippen LogP contribution in [0.25, 0.3) is 0 Å². The average Bonchev–Trinajstić information content (AvgIpc) is 2.87. The van der Waals surface area contributed by atoms with E-state index in [-0.39, 0.29) is 18.1 Å². The predicted molar refractivity (Wildman–Crippen MR) is 143 cm³/mol. The van der Waals surface area contributed by atoms with Crippen molar-refractivity contribution in [1.82, 2.24) is 5.32 Å². The minimum absolute atomic E-state index is 0. The van der Waals surface area contributed by atoms with Crippen LogP contribution in [0, 0.1) is 10.1 Å². The summed E-state index contributed by atoms with van der Waals surface area (Å²) in [6, 6.07) is 16.1. The number of nitrogens with zero attached hydrogens (tertiary/aromatic N) is 1. The zero-order chi connectivity index (χ0) is 24.6. The highest BCUT2D eigenvalue weighted by Crippen LogP contribution is 2.38. The third-order valence-corrected chi connectivity index (χ3v) is 5.91. The van der Waals surface area contributed by atoms with Crippen LogP contribution in [-0.2, 0) is 13.2 Å². The van der Waals surface area contributed by atoms with E-state index in [9.17, 15) is 10.1 Å². The van der Waals surface area contributed by atoms with Gasteiger partial charge in [-0.2, -0.15) is 0 Å². The van der Waals surface area contributed by atoms with E-state index in [0.29, 0.717) is 51.0 Å². The molecular weight excluding hydrogens is 554 g/mol. The van der Waals surface area contributed by atoms with Crippen LogP contribution in [0.3, 0.4) is 0 Å². The molecule has 0 spiro atoms. The Morgan fingerprint density at radius 2 is 1.75 bits per heavy atom. The van der Waals surface area contributed by atoms with Gasteiger partial charge in [0.1, 0.15) is 19.8 Å². The molecule has 0 saturated carbocycles. The van der Waals surface area contributed by atoms with Crippen molar-refractivity contribution in [1.29, 1.82) is 0 Å². The van der Waals surface area contributed by atoms with Gasteiger partial charge in [-0.3, -0.25) is 10.1 Å². The first-order valence-electron chi connectivity index (χ1n) is 11.1. The lowest BCUT2D eigenvalue weighted by Crippen LogP contribution is -2.21. The number of fused-ring (bicyclic) bond motifs is 1. The normalized spacial score (nSPS) is 11.8. The molecule has 1 aliphatic rings. The zero-order valence-corrected chi connectivity index (χ0v) is 22.0. The molecule has 36 heavy (non-hydrogen) atoms. The van der Waals surface area contributed by atoms with Crippen LogP contribution >= 0.6 is 28.3 Å². The van der Waals surface area contributed by atoms with Crippen LogP contribution in [0.15, 0.2) is 59.1 Å². The lowest BCUT2D eigenvalue weighted by molar-refractivity contribution is -0.384. The molecule has 9 nitrogen and oxygen atoms in total. The van der Waals surface area contributed by atoms with Crippen molar-refractivity contribution >= 4 is 39.7 Å². The van der Waals surface area contributed by atoms with Gasteiger partial charge in [0, 0.05) is 37.5 Å². The number of hydrogen-bond donors (Lipinski definition) is 2. The summed E-state index contributed by atoms with van der Waals surface area (Å²) in [4.78, 5) is 10.3. The Morgan fingerprint density at radius 1 is 1.00 bits per heavy atom. The van der Waals surface area contributed by atoms with Crippen LogP contribution in [0.5, 0.6) is 23.0 Å². The highest BCUT2D eigenvalue weighted by Gasteiger charge is 2.15. The first-order valence-corrected chi connectivity index (χ1v) is 11.9. The van der Waals surface area contributed by atoms with Crippen molar-refractivity contribution in [2.24, 2.45) is 0 Å². The molecule has 0 fully saturated rings. The van der Waals surface area contributed by atoms with Crippen LogP contribution in [-0.4, -0.2) is 38.3 Å². The number of ether oxygens (including phenoxy) is 4. The maximum atomic E-state index is 10.7. The average molecular weight is 581 g/mol. The second-order valence-corrected chi connectivity index (χ2v) is 8.64. The van der Waals surface area contributed by atoms with E-state index in [1.54, 1.807) is 19.2 Å². The quantitative estimate of drug-likeness (QED) is 0.178. The van der Waals surface area contributed by atoms with Gasteiger partial charge in [0.05, 0.1) is 16.5 Å². The Hall–Kier alpha value is -3.21. The molecule has 11 heteroatoms. The highest BCUT2D eigenvalue weighted by molar-refractivity contribution is 9.10. The summed E-state index contributed by atoms with van der Waals surface area (Å²) in [5.74, 6) is 2.75. The first kappa shape index (κ1) is 27.4. The molecule has 0 atom stereocenters. The molecule has 0 radical (unpaired) electrons. The molecule has 0 bridgehead atoms. The third-order valence-electron chi connectivity index (χ3n) is 5.32. The molecule has 0 aromatic heterocycles. The highest BCUT2D eigenvalue weighted by atomic mass is 79.9. The van der Waals surface area contributed by atoms with Gasteiger partial charge in [-0.25, -0.2) is 0 Å². The van der Waals surface area contributed by atoms with E-state index in [1.165, 1.54) is 12.1 Å². The summed E-state index contributed by atoms with van der Waals surface area (Å²) in [7, 11) is 1.62. The first-order chi connectivity index (χ1) is 17.0. The standard InChI is InChI=1S/C25H26BrN3O6.ClH/c1-32-24-14-18(15-27-8-9-28-19-3-5-20(6-4-19)29(30)31)12-21(26)25(24)35-16-17-2-7-22-23(13-17)34-11-10-33-22;/h2-7,12-14,27-28H,8-11,15-16H2,1H3;1H. The number of halogens is 2. The number of anilines is 1. The molecule has 3 aromatic rings. The second-order valence-electron chi connectivity index (χ2n) is 7.78. The maximum absolute atomic E-state index is 10.7. The van der Waals surface area contributed by atoms with E-state index >= 15 is 0 Å². The summed E-state index contributed by atoms with van der Waals surface area (Å²) >= 11 is 3.60. The van der Waals surface area contributed by atoms with Crippen molar-refractivity contribution in [2.45, 2.75) is 13.2 Å². The molecule has 2 N–H and O–H groups in total. The lowest BCUT2D eigenvalue weighted by atomic mass is 10.2. The van der Waals surface area contributed by atoms with Crippen molar-refractivity contribution < 1.29 is 23.9 Å². The molecule has 1 aliphatic heterocycles. The molecule has 0 aliphatic carbocycles. The van der Waals surface area contributed by atoms with Crippen LogP contribution < -0.4 is 29.6 Å². The van der Waals surface area contributed by atoms with Crippen molar-refractivity contribution in [3.05, 3.63) is 80.3 Å². The van der Waals surface area contributed by atoms with Crippen LogP contribution in [0.2, 0.25) is 0 Å². The molecule has 0 saturated heterocycles. The van der Waals surface area contributed by atoms with Gasteiger partial charge in [-0.05, 0) is 63.5 Å². The number of nitro groups is 1. The smallest absolute Gasteiger partial charge is 0.269 e. The van der Waals surface area contributed by atoms with Gasteiger partial charge >= 0.3 is 0 Å². The molecule has 192 valence electrons. The molecule has 0 unspecified atom stereocenters. The second kappa shape index (κ2) is 13.2. The van der Waals surface area contributed by atoms with Gasteiger partial charge in [0.2, 0.25) is 0 Å². The molecular formula is C25H27BrClN3O6. The summed E-state index contributed by atoms with van der Waals surface area (Å²) in [5, 5.41) is 17.3. The number of nitrogens with one attached hydrogen (secondary N) is 2. The topological polar surface area (TPSA) is 104 Å². The SMILES string of the molecule is COc1cc(CNCCNc2ccc([N+](=O)[O-])cc2)cc(Br)c1OCc1ccc2c(c1)OCCO2.Cl. The largest absolute Gasteiger partial charge is 0.493 e. The Morgan fingerprint density at radius 3 is 2.47 bits per heavy atom. The van der Waals surface area contributed by atoms with Gasteiger partial charge in [0.25, 0.3) is 5.69 Å². The molecule has 4 rings (SSSR count). The van der Waals surface area contributed by atoms with Crippen molar-refractivity contribution in [2.75, 3.05) is 38.7 Å². The van der Waals surface area contributed by atoms with Gasteiger partial charge < -0.3 is 29.6 Å². The van der Waals surface area contributed by atoms with Crippen LogP contribution in [0.1, 0.15) is 11.1 Å². The molecule has 3 aromatic carbocycles. The predicted octanol–water partition coefficient (Wildman–Crippen LogP) is 5.34.